The maximum atomic E-state index is 13.1. The van der Waals surface area contributed by atoms with Gasteiger partial charge in [0.25, 0.3) is 10.0 Å². The second kappa shape index (κ2) is 7.99. The number of nitrogens with zero attached hydrogens (tertiary/aromatic N) is 1. The van der Waals surface area contributed by atoms with E-state index >= 15 is 0 Å². The number of hydrogen-bond acceptors (Lipinski definition) is 5. The van der Waals surface area contributed by atoms with Crippen molar-refractivity contribution in [3.8, 4) is 0 Å². The van der Waals surface area contributed by atoms with Crippen LogP contribution in [-0.4, -0.2) is 27.4 Å². The topological polar surface area (TPSA) is 85.2 Å². The van der Waals surface area contributed by atoms with Gasteiger partial charge in [-0.1, -0.05) is 35.9 Å². The van der Waals surface area contributed by atoms with Gasteiger partial charge in [0.1, 0.15) is 4.21 Å². The van der Waals surface area contributed by atoms with Crippen LogP contribution in [-0.2, 0) is 26.5 Å². The van der Waals surface area contributed by atoms with Crippen LogP contribution < -0.4 is 4.72 Å². The van der Waals surface area contributed by atoms with Crippen molar-refractivity contribution < 1.29 is 16.8 Å². The van der Waals surface area contributed by atoms with Gasteiger partial charge >= 0.3 is 0 Å². The summed E-state index contributed by atoms with van der Waals surface area (Å²) in [6, 6.07) is 17.2. The lowest BCUT2D eigenvalue weighted by Crippen LogP contribution is -2.25. The van der Waals surface area contributed by atoms with E-state index in [1.165, 1.54) is 3.97 Å². The van der Waals surface area contributed by atoms with Crippen LogP contribution in [0.1, 0.15) is 11.1 Å². The van der Waals surface area contributed by atoms with E-state index in [-0.39, 0.29) is 15.6 Å². The second-order valence-corrected chi connectivity index (χ2v) is 11.7. The zero-order chi connectivity index (χ0) is 21.4. The highest BCUT2D eigenvalue weighted by molar-refractivity contribution is 7.91. The van der Waals surface area contributed by atoms with Gasteiger partial charge in [0, 0.05) is 18.1 Å². The zero-order valence-corrected chi connectivity index (χ0v) is 18.6. The fourth-order valence-corrected chi connectivity index (χ4v) is 6.57. The standard InChI is InChI=1S/C21H20N2O4S3/c1-16-4-8-19(9-5-16)30(26,27)23-13-11-18-7-6-17(15-20(18)23)10-12-22-29(24,25)21-3-2-14-28-21/h2-9,11,13-15,22H,10,12H2,1H3. The van der Waals surface area contributed by atoms with Crippen LogP contribution in [0.3, 0.4) is 0 Å². The molecule has 4 rings (SSSR count). The molecule has 30 heavy (non-hydrogen) atoms. The van der Waals surface area contributed by atoms with E-state index in [1.54, 1.807) is 60.1 Å². The number of sulfonamides is 1. The minimum Gasteiger partial charge on any atom is -0.241 e. The third kappa shape index (κ3) is 4.06. The van der Waals surface area contributed by atoms with E-state index in [2.05, 4.69) is 4.72 Å². The van der Waals surface area contributed by atoms with Crippen molar-refractivity contribution in [3.63, 3.8) is 0 Å². The SMILES string of the molecule is Cc1ccc(S(=O)(=O)n2ccc3ccc(CCNS(=O)(=O)c4cccs4)cc32)cc1. The third-order valence-corrected chi connectivity index (χ3v) is 9.33. The number of fused-ring (bicyclic) bond motifs is 1. The lowest BCUT2D eigenvalue weighted by atomic mass is 10.1. The predicted molar refractivity (Wildman–Crippen MR) is 119 cm³/mol. The van der Waals surface area contributed by atoms with Gasteiger partial charge < -0.3 is 0 Å². The molecule has 0 saturated heterocycles. The van der Waals surface area contributed by atoms with Gasteiger partial charge in [-0.3, -0.25) is 0 Å². The first-order valence-corrected chi connectivity index (χ1v) is 13.0. The lowest BCUT2D eigenvalue weighted by Gasteiger charge is -2.09. The molecule has 6 nitrogen and oxygen atoms in total. The van der Waals surface area contributed by atoms with Crippen LogP contribution >= 0.6 is 11.3 Å². The molecular formula is C21H20N2O4S3. The fourth-order valence-electron chi connectivity index (χ4n) is 3.16. The van der Waals surface area contributed by atoms with Crippen LogP contribution in [0.2, 0.25) is 0 Å². The summed E-state index contributed by atoms with van der Waals surface area (Å²) < 4.78 is 54.8. The van der Waals surface area contributed by atoms with Gasteiger partial charge in [-0.2, -0.15) is 0 Å². The molecule has 0 fully saturated rings. The normalized spacial score (nSPS) is 12.4. The average Bonchev–Trinajstić information content (AvgIpc) is 3.39. The first-order chi connectivity index (χ1) is 14.3. The summed E-state index contributed by atoms with van der Waals surface area (Å²) in [6.45, 7) is 2.12. The smallest absolute Gasteiger partial charge is 0.241 e. The monoisotopic (exact) mass is 460 g/mol. The third-order valence-electron chi connectivity index (χ3n) is 4.77. The summed E-state index contributed by atoms with van der Waals surface area (Å²) in [5.41, 5.74) is 2.39. The molecule has 0 aliphatic rings. The minimum atomic E-state index is -3.72. The Kier molecular flexibility index (Phi) is 5.54. The number of nitrogens with one attached hydrogen (secondary N) is 1. The van der Waals surface area contributed by atoms with Crippen LogP contribution in [0, 0.1) is 6.92 Å². The summed E-state index contributed by atoms with van der Waals surface area (Å²) in [7, 11) is -7.24. The van der Waals surface area contributed by atoms with Crippen LogP contribution in [0.25, 0.3) is 10.9 Å². The Morgan fingerprint density at radius 1 is 0.967 bits per heavy atom. The van der Waals surface area contributed by atoms with Crippen molar-refractivity contribution in [1.29, 1.82) is 0 Å². The van der Waals surface area contributed by atoms with Gasteiger partial charge in [-0.25, -0.2) is 25.5 Å². The number of rotatable bonds is 7. The summed E-state index contributed by atoms with van der Waals surface area (Å²) in [5.74, 6) is 0. The largest absolute Gasteiger partial charge is 0.268 e. The summed E-state index contributed by atoms with van der Waals surface area (Å²) in [5, 5.41) is 2.51. The van der Waals surface area contributed by atoms with Gasteiger partial charge in [-0.15, -0.1) is 11.3 Å². The molecule has 9 heteroatoms. The molecule has 2 aromatic carbocycles. The summed E-state index contributed by atoms with van der Waals surface area (Å²) in [6.07, 6.45) is 1.99. The van der Waals surface area contributed by atoms with E-state index < -0.39 is 20.0 Å². The molecule has 0 radical (unpaired) electrons. The molecule has 0 aliphatic heterocycles. The molecule has 0 unspecified atom stereocenters. The van der Waals surface area contributed by atoms with Gasteiger partial charge in [0.05, 0.1) is 10.4 Å². The Labute approximate surface area is 179 Å². The molecule has 0 amide bonds. The average molecular weight is 461 g/mol. The van der Waals surface area contributed by atoms with Crippen molar-refractivity contribution >= 4 is 42.3 Å². The Balaban J connectivity index is 1.58. The van der Waals surface area contributed by atoms with Gasteiger partial charge in [-0.05, 0) is 54.6 Å². The molecule has 4 aromatic rings. The molecule has 0 aliphatic carbocycles. The number of aryl methyl sites for hydroxylation is 1. The summed E-state index contributed by atoms with van der Waals surface area (Å²) in [4.78, 5) is 0.222. The molecule has 2 heterocycles. The molecular weight excluding hydrogens is 440 g/mol. The summed E-state index contributed by atoms with van der Waals surface area (Å²) >= 11 is 1.16. The highest BCUT2D eigenvalue weighted by atomic mass is 32.2. The second-order valence-electron chi connectivity index (χ2n) is 6.90. The molecule has 0 bridgehead atoms. The maximum absolute atomic E-state index is 13.1. The Morgan fingerprint density at radius 2 is 1.73 bits per heavy atom. The Bertz CT molecular complexity index is 1390. The van der Waals surface area contributed by atoms with E-state index in [0.29, 0.717) is 11.9 Å². The van der Waals surface area contributed by atoms with E-state index in [4.69, 9.17) is 0 Å². The number of hydrogen-bond donors (Lipinski definition) is 1. The lowest BCUT2D eigenvalue weighted by molar-refractivity contribution is 0.583. The van der Waals surface area contributed by atoms with Crippen LogP contribution in [0.15, 0.2) is 81.3 Å². The van der Waals surface area contributed by atoms with E-state index in [1.807, 2.05) is 19.1 Å². The molecule has 0 atom stereocenters. The first-order valence-electron chi connectivity index (χ1n) is 9.23. The molecule has 1 N–H and O–H groups in total. The van der Waals surface area contributed by atoms with Crippen LogP contribution in [0.4, 0.5) is 0 Å². The highest BCUT2D eigenvalue weighted by Crippen LogP contribution is 2.24. The minimum absolute atomic E-state index is 0.219. The van der Waals surface area contributed by atoms with E-state index in [9.17, 15) is 16.8 Å². The first kappa shape index (κ1) is 20.8. The van der Waals surface area contributed by atoms with Crippen molar-refractivity contribution in [1.82, 2.24) is 8.69 Å². The molecule has 0 spiro atoms. The van der Waals surface area contributed by atoms with Crippen molar-refractivity contribution in [2.45, 2.75) is 22.4 Å². The van der Waals surface area contributed by atoms with Crippen molar-refractivity contribution in [3.05, 3.63) is 83.4 Å². The van der Waals surface area contributed by atoms with E-state index in [0.717, 1.165) is 27.8 Å². The van der Waals surface area contributed by atoms with Crippen molar-refractivity contribution in [2.75, 3.05) is 6.54 Å². The van der Waals surface area contributed by atoms with Gasteiger partial charge in [0.2, 0.25) is 10.0 Å². The molecule has 156 valence electrons. The Morgan fingerprint density at radius 3 is 2.43 bits per heavy atom. The molecule has 0 saturated carbocycles. The number of aromatic nitrogens is 1. The Hall–Kier alpha value is -2.46. The molecule has 2 aromatic heterocycles. The predicted octanol–water partition coefficient (Wildman–Crippen LogP) is 3.77. The zero-order valence-electron chi connectivity index (χ0n) is 16.1. The van der Waals surface area contributed by atoms with Gasteiger partial charge in [0.15, 0.2) is 0 Å². The van der Waals surface area contributed by atoms with Crippen molar-refractivity contribution in [2.24, 2.45) is 0 Å². The quantitative estimate of drug-likeness (QED) is 0.455. The number of thiophene rings is 1. The fraction of sp³-hybridized carbons (Fsp3) is 0.143. The number of benzene rings is 2. The highest BCUT2D eigenvalue weighted by Gasteiger charge is 2.19. The van der Waals surface area contributed by atoms with Crippen LogP contribution in [0.5, 0.6) is 0 Å². The maximum Gasteiger partial charge on any atom is 0.268 e.